The topological polar surface area (TPSA) is 76.0 Å². The van der Waals surface area contributed by atoms with Crippen molar-refractivity contribution in [1.29, 1.82) is 0 Å². The first-order valence-corrected chi connectivity index (χ1v) is 12.9. The normalized spacial score (nSPS) is 10.9. The second-order valence-electron chi connectivity index (χ2n) is 9.38. The predicted octanol–water partition coefficient (Wildman–Crippen LogP) is 5.77. The standard InChI is InChI=1S/C32H29FN4O2/c33-26-10-6-9-24(19-26)22-37-29-14-13-28(36-31(38)15-12-23-7-2-1-3-8-23)20-25(29)21-30(37)32(39)35-18-16-27-11-4-5-17-34-27/h1-11,13-14,17,19-21H,12,15-16,18,22H2,(H,35,39)(H,36,38). The fraction of sp³-hybridized carbons (Fsp3) is 0.156. The van der Waals surface area contributed by atoms with Crippen molar-refractivity contribution >= 4 is 28.4 Å². The van der Waals surface area contributed by atoms with Gasteiger partial charge in [0, 0.05) is 54.4 Å². The van der Waals surface area contributed by atoms with Crippen molar-refractivity contribution in [3.05, 3.63) is 132 Å². The van der Waals surface area contributed by atoms with Crippen molar-refractivity contribution < 1.29 is 14.0 Å². The van der Waals surface area contributed by atoms with E-state index in [1.807, 2.05) is 83.4 Å². The molecule has 39 heavy (non-hydrogen) atoms. The number of benzene rings is 3. The second-order valence-corrected chi connectivity index (χ2v) is 9.38. The highest BCUT2D eigenvalue weighted by atomic mass is 19.1. The predicted molar refractivity (Wildman–Crippen MR) is 151 cm³/mol. The van der Waals surface area contributed by atoms with Crippen molar-refractivity contribution in [3.8, 4) is 0 Å². The molecule has 0 atom stereocenters. The van der Waals surface area contributed by atoms with Crippen LogP contribution in [0, 0.1) is 5.82 Å². The molecule has 0 aliphatic carbocycles. The molecule has 3 aromatic carbocycles. The van der Waals surface area contributed by atoms with Crippen LogP contribution in [0.3, 0.4) is 0 Å². The highest BCUT2D eigenvalue weighted by molar-refractivity contribution is 6.00. The number of aryl methyl sites for hydroxylation is 1. The van der Waals surface area contributed by atoms with E-state index < -0.39 is 0 Å². The average Bonchev–Trinajstić information content (AvgIpc) is 3.30. The molecule has 2 amide bonds. The summed E-state index contributed by atoms with van der Waals surface area (Å²) in [5, 5.41) is 6.76. The Morgan fingerprint density at radius 3 is 2.44 bits per heavy atom. The summed E-state index contributed by atoms with van der Waals surface area (Å²) in [7, 11) is 0. The Morgan fingerprint density at radius 1 is 0.821 bits per heavy atom. The first-order valence-electron chi connectivity index (χ1n) is 12.9. The van der Waals surface area contributed by atoms with Gasteiger partial charge < -0.3 is 15.2 Å². The van der Waals surface area contributed by atoms with Gasteiger partial charge in [-0.25, -0.2) is 4.39 Å². The van der Waals surface area contributed by atoms with Crippen LogP contribution in [0.15, 0.2) is 103 Å². The van der Waals surface area contributed by atoms with E-state index in [9.17, 15) is 14.0 Å². The van der Waals surface area contributed by atoms with Crippen LogP contribution < -0.4 is 10.6 Å². The maximum absolute atomic E-state index is 13.9. The van der Waals surface area contributed by atoms with Gasteiger partial charge in [0.2, 0.25) is 5.91 Å². The minimum Gasteiger partial charge on any atom is -0.350 e. The van der Waals surface area contributed by atoms with Crippen LogP contribution in [0.4, 0.5) is 10.1 Å². The van der Waals surface area contributed by atoms with Crippen LogP contribution in [-0.2, 0) is 24.2 Å². The quantitative estimate of drug-likeness (QED) is 0.246. The van der Waals surface area contributed by atoms with E-state index in [2.05, 4.69) is 15.6 Å². The molecule has 6 nitrogen and oxygen atoms in total. The molecule has 0 unspecified atom stereocenters. The Hall–Kier alpha value is -4.78. The molecule has 0 aliphatic heterocycles. The van der Waals surface area contributed by atoms with Gasteiger partial charge in [-0.1, -0.05) is 48.5 Å². The van der Waals surface area contributed by atoms with Crippen molar-refractivity contribution in [3.63, 3.8) is 0 Å². The minimum absolute atomic E-state index is 0.0788. The van der Waals surface area contributed by atoms with Gasteiger partial charge >= 0.3 is 0 Å². The summed E-state index contributed by atoms with van der Waals surface area (Å²) >= 11 is 0. The number of carbonyl (C=O) groups excluding carboxylic acids is 2. The first-order chi connectivity index (χ1) is 19.0. The number of aromatic nitrogens is 2. The van der Waals surface area contributed by atoms with E-state index in [1.165, 1.54) is 12.1 Å². The molecule has 0 saturated heterocycles. The number of anilines is 1. The molecule has 0 bridgehead atoms. The van der Waals surface area contributed by atoms with Crippen LogP contribution in [-0.4, -0.2) is 27.9 Å². The average molecular weight is 521 g/mol. The first kappa shape index (κ1) is 25.9. The number of pyridine rings is 1. The summed E-state index contributed by atoms with van der Waals surface area (Å²) in [5.74, 6) is -0.636. The maximum atomic E-state index is 13.9. The largest absolute Gasteiger partial charge is 0.350 e. The number of hydrogen-bond acceptors (Lipinski definition) is 3. The van der Waals surface area contributed by atoms with Gasteiger partial charge in [0.05, 0.1) is 0 Å². The molecule has 0 saturated carbocycles. The molecule has 2 heterocycles. The van der Waals surface area contributed by atoms with Crippen LogP contribution in [0.2, 0.25) is 0 Å². The van der Waals surface area contributed by atoms with Gasteiger partial charge in [0.15, 0.2) is 0 Å². The van der Waals surface area contributed by atoms with Crippen LogP contribution in [0.25, 0.3) is 10.9 Å². The van der Waals surface area contributed by atoms with Crippen LogP contribution >= 0.6 is 0 Å². The van der Waals surface area contributed by atoms with E-state index >= 15 is 0 Å². The number of nitrogens with one attached hydrogen (secondary N) is 2. The molecule has 0 radical (unpaired) electrons. The lowest BCUT2D eigenvalue weighted by atomic mass is 10.1. The van der Waals surface area contributed by atoms with Gasteiger partial charge in [-0.2, -0.15) is 0 Å². The smallest absolute Gasteiger partial charge is 0.267 e. The lowest BCUT2D eigenvalue weighted by Gasteiger charge is -2.12. The Balaban J connectivity index is 1.35. The van der Waals surface area contributed by atoms with Crippen molar-refractivity contribution in [2.45, 2.75) is 25.8 Å². The van der Waals surface area contributed by atoms with Gasteiger partial charge in [-0.05, 0) is 66.1 Å². The Morgan fingerprint density at radius 2 is 1.64 bits per heavy atom. The van der Waals surface area contributed by atoms with E-state index in [1.54, 1.807) is 12.3 Å². The molecule has 0 aliphatic rings. The third-order valence-corrected chi connectivity index (χ3v) is 6.52. The summed E-state index contributed by atoms with van der Waals surface area (Å²) in [4.78, 5) is 30.2. The number of halogens is 1. The summed E-state index contributed by atoms with van der Waals surface area (Å²) in [6, 6.07) is 29.3. The summed E-state index contributed by atoms with van der Waals surface area (Å²) in [6.45, 7) is 0.757. The zero-order valence-corrected chi connectivity index (χ0v) is 21.4. The number of carbonyl (C=O) groups is 2. The van der Waals surface area contributed by atoms with Crippen LogP contribution in [0.1, 0.15) is 33.7 Å². The molecule has 0 spiro atoms. The third kappa shape index (κ3) is 6.76. The number of rotatable bonds is 10. The SMILES string of the molecule is O=C(CCc1ccccc1)Nc1ccc2c(c1)cc(C(=O)NCCc1ccccn1)n2Cc1cccc(F)c1. The Bertz CT molecular complexity index is 1580. The van der Waals surface area contributed by atoms with Gasteiger partial charge in [0.25, 0.3) is 5.91 Å². The van der Waals surface area contributed by atoms with Gasteiger partial charge in [-0.3, -0.25) is 14.6 Å². The highest BCUT2D eigenvalue weighted by Gasteiger charge is 2.17. The molecule has 5 aromatic rings. The van der Waals surface area contributed by atoms with E-state index in [4.69, 9.17) is 0 Å². The zero-order chi connectivity index (χ0) is 27.0. The van der Waals surface area contributed by atoms with E-state index in [0.29, 0.717) is 43.7 Å². The Kier molecular flexibility index (Phi) is 8.07. The minimum atomic E-state index is -0.328. The third-order valence-electron chi connectivity index (χ3n) is 6.52. The van der Waals surface area contributed by atoms with E-state index in [-0.39, 0.29) is 17.6 Å². The lowest BCUT2D eigenvalue weighted by molar-refractivity contribution is -0.116. The molecule has 0 fully saturated rings. The summed E-state index contributed by atoms with van der Waals surface area (Å²) < 4.78 is 15.8. The molecular formula is C32H29FN4O2. The molecule has 2 N–H and O–H groups in total. The summed E-state index contributed by atoms with van der Waals surface area (Å²) in [6.07, 6.45) is 3.36. The number of amides is 2. The maximum Gasteiger partial charge on any atom is 0.267 e. The monoisotopic (exact) mass is 520 g/mol. The number of fused-ring (bicyclic) bond motifs is 1. The van der Waals surface area contributed by atoms with Crippen molar-refractivity contribution in [2.75, 3.05) is 11.9 Å². The van der Waals surface area contributed by atoms with E-state index in [0.717, 1.165) is 27.7 Å². The second kappa shape index (κ2) is 12.2. The fourth-order valence-electron chi connectivity index (χ4n) is 4.59. The number of hydrogen-bond donors (Lipinski definition) is 2. The van der Waals surface area contributed by atoms with Crippen molar-refractivity contribution in [1.82, 2.24) is 14.9 Å². The van der Waals surface area contributed by atoms with Crippen molar-refractivity contribution in [2.24, 2.45) is 0 Å². The molecule has 7 heteroatoms. The zero-order valence-electron chi connectivity index (χ0n) is 21.4. The molecule has 2 aromatic heterocycles. The lowest BCUT2D eigenvalue weighted by Crippen LogP contribution is -2.28. The Labute approximate surface area is 226 Å². The van der Waals surface area contributed by atoms with Gasteiger partial charge in [-0.15, -0.1) is 0 Å². The molecular weight excluding hydrogens is 491 g/mol. The van der Waals surface area contributed by atoms with Crippen LogP contribution in [0.5, 0.6) is 0 Å². The molecule has 196 valence electrons. The highest BCUT2D eigenvalue weighted by Crippen LogP contribution is 2.25. The summed E-state index contributed by atoms with van der Waals surface area (Å²) in [5.41, 5.74) is 4.68. The molecule has 5 rings (SSSR count). The van der Waals surface area contributed by atoms with Gasteiger partial charge in [0.1, 0.15) is 11.5 Å². The number of nitrogens with zero attached hydrogens (tertiary/aromatic N) is 2. The fourth-order valence-corrected chi connectivity index (χ4v) is 4.59.